The van der Waals surface area contributed by atoms with Crippen molar-refractivity contribution in [3.05, 3.63) is 58.8 Å². The van der Waals surface area contributed by atoms with E-state index in [-0.39, 0.29) is 18.5 Å². The molecule has 1 aromatic carbocycles. The Bertz CT molecular complexity index is 951. The first-order valence-electron chi connectivity index (χ1n) is 9.13. The van der Waals surface area contributed by atoms with Crippen LogP contribution in [0.5, 0.6) is 0 Å². The quantitative estimate of drug-likeness (QED) is 0.581. The van der Waals surface area contributed by atoms with E-state index in [0.29, 0.717) is 12.5 Å². The number of hydrogen-bond donors (Lipinski definition) is 3. The maximum atomic E-state index is 14.4. The van der Waals surface area contributed by atoms with Gasteiger partial charge in [0, 0.05) is 30.0 Å². The molecule has 0 aliphatic heterocycles. The van der Waals surface area contributed by atoms with Crippen molar-refractivity contribution in [3.63, 3.8) is 0 Å². The molecule has 148 valence electrons. The second-order valence-electron chi connectivity index (χ2n) is 7.02. The van der Waals surface area contributed by atoms with Crippen molar-refractivity contribution in [2.24, 2.45) is 0 Å². The molecule has 0 spiro atoms. The Kier molecular flexibility index (Phi) is 6.01. The molecule has 0 amide bonds. The van der Waals surface area contributed by atoms with E-state index >= 15 is 0 Å². The molecule has 7 nitrogen and oxygen atoms in total. The lowest BCUT2D eigenvalue weighted by Gasteiger charge is -2.09. The number of benzene rings is 1. The predicted molar refractivity (Wildman–Crippen MR) is 106 cm³/mol. The summed E-state index contributed by atoms with van der Waals surface area (Å²) in [4.78, 5) is 8.35. The number of hydrogen-bond acceptors (Lipinski definition) is 6. The van der Waals surface area contributed by atoms with Crippen LogP contribution in [0.4, 0.5) is 16.0 Å². The Balaban J connectivity index is 1.85. The topological polar surface area (TPSA) is 87.9 Å². The normalized spacial score (nSPS) is 12.2. The second kappa shape index (κ2) is 8.45. The van der Waals surface area contributed by atoms with Crippen molar-refractivity contribution in [2.45, 2.75) is 40.3 Å². The van der Waals surface area contributed by atoms with Crippen LogP contribution in [0.15, 0.2) is 30.6 Å². The number of rotatable bonds is 7. The van der Waals surface area contributed by atoms with Crippen LogP contribution < -0.4 is 10.6 Å². The van der Waals surface area contributed by atoms with E-state index in [1.54, 1.807) is 6.20 Å². The molecule has 8 heteroatoms. The molecule has 3 rings (SSSR count). The van der Waals surface area contributed by atoms with Crippen LogP contribution in [0, 0.1) is 26.6 Å². The van der Waals surface area contributed by atoms with Crippen LogP contribution >= 0.6 is 0 Å². The molecule has 28 heavy (non-hydrogen) atoms. The Morgan fingerprint density at radius 2 is 1.89 bits per heavy atom. The smallest absolute Gasteiger partial charge is 0.229 e. The van der Waals surface area contributed by atoms with E-state index in [9.17, 15) is 4.39 Å². The zero-order chi connectivity index (χ0) is 20.3. The summed E-state index contributed by atoms with van der Waals surface area (Å²) in [5, 5.41) is 19.8. The summed E-state index contributed by atoms with van der Waals surface area (Å²) < 4.78 is 15.8. The van der Waals surface area contributed by atoms with Gasteiger partial charge >= 0.3 is 0 Å². The average molecular weight is 384 g/mol. The highest BCUT2D eigenvalue weighted by Crippen LogP contribution is 2.19. The third-order valence-corrected chi connectivity index (χ3v) is 4.34. The predicted octanol–water partition coefficient (Wildman–Crippen LogP) is 2.94. The van der Waals surface area contributed by atoms with Gasteiger partial charge in [-0.25, -0.2) is 14.1 Å². The van der Waals surface area contributed by atoms with E-state index in [1.165, 1.54) is 4.68 Å². The molecule has 0 aliphatic carbocycles. The van der Waals surface area contributed by atoms with Crippen LogP contribution in [0.1, 0.15) is 29.3 Å². The van der Waals surface area contributed by atoms with Gasteiger partial charge in [0.1, 0.15) is 0 Å². The maximum absolute atomic E-state index is 14.4. The minimum absolute atomic E-state index is 0.0351. The van der Waals surface area contributed by atoms with Gasteiger partial charge in [0.2, 0.25) is 5.95 Å². The molecule has 0 radical (unpaired) electrons. The van der Waals surface area contributed by atoms with Gasteiger partial charge in [-0.05, 0) is 51.0 Å². The van der Waals surface area contributed by atoms with E-state index in [4.69, 9.17) is 5.11 Å². The van der Waals surface area contributed by atoms with Crippen molar-refractivity contribution in [1.29, 1.82) is 0 Å². The summed E-state index contributed by atoms with van der Waals surface area (Å²) in [6.07, 6.45) is 2.87. The molecule has 2 heterocycles. The van der Waals surface area contributed by atoms with Gasteiger partial charge in [-0.2, -0.15) is 10.1 Å². The number of anilines is 2. The molecule has 1 unspecified atom stereocenters. The Hall–Kier alpha value is -2.84. The fourth-order valence-corrected chi connectivity index (χ4v) is 2.88. The van der Waals surface area contributed by atoms with E-state index in [1.807, 2.05) is 39.8 Å². The van der Waals surface area contributed by atoms with Crippen molar-refractivity contribution in [2.75, 3.05) is 11.9 Å². The minimum Gasteiger partial charge on any atom is -0.395 e. The van der Waals surface area contributed by atoms with Crippen molar-refractivity contribution in [3.8, 4) is 5.82 Å². The third-order valence-electron chi connectivity index (χ3n) is 4.34. The van der Waals surface area contributed by atoms with Gasteiger partial charge in [-0.3, -0.25) is 0 Å². The number of halogens is 1. The highest BCUT2D eigenvalue weighted by atomic mass is 19.1. The van der Waals surface area contributed by atoms with Gasteiger partial charge in [-0.1, -0.05) is 6.07 Å². The van der Waals surface area contributed by atoms with Crippen LogP contribution in [0.25, 0.3) is 5.82 Å². The molecule has 0 fully saturated rings. The largest absolute Gasteiger partial charge is 0.395 e. The SMILES string of the molecule is Cc1cc(C)cc(Nc2ncc(F)c(-n3cc(CNC(C)CO)c(C)n3)n2)c1. The third kappa shape index (κ3) is 4.71. The zero-order valence-corrected chi connectivity index (χ0v) is 16.5. The highest BCUT2D eigenvalue weighted by Gasteiger charge is 2.14. The molecule has 3 N–H and O–H groups in total. The van der Waals surface area contributed by atoms with Crippen LogP contribution in [-0.4, -0.2) is 37.5 Å². The fraction of sp³-hybridized carbons (Fsp3) is 0.350. The van der Waals surface area contributed by atoms with E-state index in [0.717, 1.165) is 34.3 Å². The first-order chi connectivity index (χ1) is 13.4. The molecular weight excluding hydrogens is 359 g/mol. The van der Waals surface area contributed by atoms with Gasteiger partial charge in [0.05, 0.1) is 18.5 Å². The van der Waals surface area contributed by atoms with Crippen molar-refractivity contribution in [1.82, 2.24) is 25.1 Å². The van der Waals surface area contributed by atoms with E-state index < -0.39 is 5.82 Å². The number of aliphatic hydroxyl groups is 1. The summed E-state index contributed by atoms with van der Waals surface area (Å²) in [6, 6.07) is 5.99. The summed E-state index contributed by atoms with van der Waals surface area (Å²) in [5.74, 6) is -0.189. The standard InChI is InChI=1S/C20H25FN6O/c1-12-5-13(2)7-17(6-12)24-20-23-9-18(21)19(25-20)27-10-16(15(4)26-27)8-22-14(3)11-28/h5-7,9-10,14,22,28H,8,11H2,1-4H3,(H,23,24,25). The summed E-state index contributed by atoms with van der Waals surface area (Å²) in [6.45, 7) is 8.32. The number of aliphatic hydroxyl groups excluding tert-OH is 1. The minimum atomic E-state index is -0.559. The molecule has 2 aromatic heterocycles. The van der Waals surface area contributed by atoms with Crippen LogP contribution in [-0.2, 0) is 6.54 Å². The van der Waals surface area contributed by atoms with Gasteiger partial charge < -0.3 is 15.7 Å². The highest BCUT2D eigenvalue weighted by molar-refractivity contribution is 5.56. The first kappa shape index (κ1) is 19.9. The molecule has 0 saturated heterocycles. The Labute approximate surface area is 163 Å². The summed E-state index contributed by atoms with van der Waals surface area (Å²) in [7, 11) is 0. The molecule has 3 aromatic rings. The summed E-state index contributed by atoms with van der Waals surface area (Å²) in [5.41, 5.74) is 4.74. The lowest BCUT2D eigenvalue weighted by atomic mass is 10.1. The van der Waals surface area contributed by atoms with E-state index in [2.05, 4.69) is 31.8 Å². The van der Waals surface area contributed by atoms with Gasteiger partial charge in [-0.15, -0.1) is 0 Å². The fourth-order valence-electron chi connectivity index (χ4n) is 2.88. The average Bonchev–Trinajstić information content (AvgIpc) is 3.01. The molecule has 0 saturated carbocycles. The van der Waals surface area contributed by atoms with Gasteiger partial charge in [0.25, 0.3) is 0 Å². The summed E-state index contributed by atoms with van der Waals surface area (Å²) >= 11 is 0. The Morgan fingerprint density at radius 3 is 2.57 bits per heavy atom. The Morgan fingerprint density at radius 1 is 1.18 bits per heavy atom. The second-order valence-corrected chi connectivity index (χ2v) is 7.02. The molecular formula is C20H25FN6O. The van der Waals surface area contributed by atoms with Crippen LogP contribution in [0.2, 0.25) is 0 Å². The molecule has 0 bridgehead atoms. The van der Waals surface area contributed by atoms with Gasteiger partial charge in [0.15, 0.2) is 11.6 Å². The zero-order valence-electron chi connectivity index (χ0n) is 16.5. The molecule has 1 atom stereocenters. The number of aromatic nitrogens is 4. The first-order valence-corrected chi connectivity index (χ1v) is 9.13. The lowest BCUT2D eigenvalue weighted by molar-refractivity contribution is 0.251. The molecule has 0 aliphatic rings. The van der Waals surface area contributed by atoms with Crippen LogP contribution in [0.3, 0.4) is 0 Å². The van der Waals surface area contributed by atoms with Crippen molar-refractivity contribution >= 4 is 11.6 Å². The monoisotopic (exact) mass is 384 g/mol. The number of nitrogens with zero attached hydrogens (tertiary/aromatic N) is 4. The van der Waals surface area contributed by atoms with Crippen molar-refractivity contribution < 1.29 is 9.50 Å². The maximum Gasteiger partial charge on any atom is 0.229 e. The number of aryl methyl sites for hydroxylation is 3. The lowest BCUT2D eigenvalue weighted by Crippen LogP contribution is -2.28. The number of nitrogens with one attached hydrogen (secondary N) is 2.